The average Bonchev–Trinajstić information content (AvgIpc) is 2.53. The number of hydrogen-bond acceptors (Lipinski definition) is 6. The zero-order valence-electron chi connectivity index (χ0n) is 14.4. The topological polar surface area (TPSA) is 116 Å². The van der Waals surface area contributed by atoms with E-state index in [1.54, 1.807) is 20.8 Å². The maximum Gasteiger partial charge on any atom is 0.312 e. The van der Waals surface area contributed by atoms with E-state index in [9.17, 15) is 23.3 Å². The van der Waals surface area contributed by atoms with Gasteiger partial charge < -0.3 is 4.74 Å². The summed E-state index contributed by atoms with van der Waals surface area (Å²) in [6.45, 7) is 5.00. The third-order valence-electron chi connectivity index (χ3n) is 3.12. The van der Waals surface area contributed by atoms with Crippen LogP contribution in [0.2, 0.25) is 0 Å². The maximum atomic E-state index is 12.4. The lowest BCUT2D eigenvalue weighted by molar-refractivity contribution is -0.385. The normalized spacial score (nSPS) is 11.8. The second kappa shape index (κ2) is 7.22. The lowest BCUT2D eigenvalue weighted by Gasteiger charge is -2.20. The molecular formula is C17H18N2O6S. The summed E-state index contributed by atoms with van der Waals surface area (Å²) >= 11 is 0. The molecule has 0 amide bonds. The molecule has 2 rings (SSSR count). The fourth-order valence-corrected chi connectivity index (χ4v) is 3.53. The quantitative estimate of drug-likeness (QED) is 0.468. The van der Waals surface area contributed by atoms with Crippen LogP contribution < -0.4 is 9.46 Å². The van der Waals surface area contributed by atoms with E-state index in [0.717, 1.165) is 6.07 Å². The van der Waals surface area contributed by atoms with Gasteiger partial charge >= 0.3 is 5.69 Å². The first-order chi connectivity index (χ1) is 12.0. The van der Waals surface area contributed by atoms with Gasteiger partial charge in [0, 0.05) is 17.2 Å². The van der Waals surface area contributed by atoms with Crippen LogP contribution in [0.25, 0.3) is 0 Å². The molecule has 0 atom stereocenters. The molecule has 0 saturated heterocycles. The Balaban J connectivity index is 2.40. The maximum absolute atomic E-state index is 12.4. The first kappa shape index (κ1) is 19.5. The first-order valence-electron chi connectivity index (χ1n) is 7.57. The Morgan fingerprint density at radius 1 is 1.12 bits per heavy atom. The van der Waals surface area contributed by atoms with E-state index < -0.39 is 26.2 Å². The van der Waals surface area contributed by atoms with Gasteiger partial charge in [-0.2, -0.15) is 0 Å². The standard InChI is InChI=1S/C17H18N2O6S/c1-17(2,3)18-26(23,24)14-8-9-16(15(10-14)19(21)22)25-13-6-4-12(11-20)5-7-13/h4-11,18H,1-3H3. The van der Waals surface area contributed by atoms with Gasteiger partial charge in [0.15, 0.2) is 0 Å². The summed E-state index contributed by atoms with van der Waals surface area (Å²) in [6.07, 6.45) is 0.661. The van der Waals surface area contributed by atoms with E-state index in [-0.39, 0.29) is 16.4 Å². The molecule has 0 aliphatic rings. The van der Waals surface area contributed by atoms with Crippen molar-refractivity contribution in [3.63, 3.8) is 0 Å². The Bertz CT molecular complexity index is 931. The number of carbonyl (C=O) groups excluding carboxylic acids is 1. The number of nitrogens with one attached hydrogen (secondary N) is 1. The van der Waals surface area contributed by atoms with E-state index in [2.05, 4.69) is 4.72 Å². The fourth-order valence-electron chi connectivity index (χ4n) is 2.10. The van der Waals surface area contributed by atoms with Crippen LogP contribution >= 0.6 is 0 Å². The van der Waals surface area contributed by atoms with Crippen LogP contribution in [0.3, 0.4) is 0 Å². The minimum atomic E-state index is -3.92. The minimum Gasteiger partial charge on any atom is -0.450 e. The van der Waals surface area contributed by atoms with Crippen LogP contribution in [0.4, 0.5) is 5.69 Å². The van der Waals surface area contributed by atoms with Gasteiger partial charge in [-0.05, 0) is 57.2 Å². The number of nitro groups is 1. The van der Waals surface area contributed by atoms with E-state index >= 15 is 0 Å². The van der Waals surface area contributed by atoms with Crippen molar-refractivity contribution >= 4 is 22.0 Å². The van der Waals surface area contributed by atoms with E-state index in [1.807, 2.05) is 0 Å². The van der Waals surface area contributed by atoms with Gasteiger partial charge in [-0.25, -0.2) is 13.1 Å². The smallest absolute Gasteiger partial charge is 0.312 e. The summed E-state index contributed by atoms with van der Waals surface area (Å²) in [5.74, 6) is 0.172. The molecule has 0 heterocycles. The lowest BCUT2D eigenvalue weighted by Crippen LogP contribution is -2.40. The summed E-state index contributed by atoms with van der Waals surface area (Å²) in [5, 5.41) is 11.3. The highest BCUT2D eigenvalue weighted by molar-refractivity contribution is 7.89. The molecule has 2 aromatic carbocycles. The minimum absolute atomic E-state index is 0.108. The van der Waals surface area contributed by atoms with Crippen LogP contribution in [-0.2, 0) is 10.0 Å². The van der Waals surface area contributed by atoms with Crippen molar-refractivity contribution in [1.29, 1.82) is 0 Å². The zero-order valence-corrected chi connectivity index (χ0v) is 15.2. The van der Waals surface area contributed by atoms with Crippen molar-refractivity contribution in [2.24, 2.45) is 0 Å². The Labute approximate surface area is 151 Å². The van der Waals surface area contributed by atoms with Gasteiger partial charge in [-0.3, -0.25) is 14.9 Å². The summed E-state index contributed by atoms with van der Waals surface area (Å²) in [6, 6.07) is 9.38. The molecule has 8 nitrogen and oxygen atoms in total. The molecule has 0 radical (unpaired) electrons. The van der Waals surface area contributed by atoms with E-state index in [0.29, 0.717) is 11.8 Å². The number of benzene rings is 2. The molecule has 9 heteroatoms. The van der Waals surface area contributed by atoms with E-state index in [1.165, 1.54) is 36.4 Å². The van der Waals surface area contributed by atoms with Gasteiger partial charge in [-0.1, -0.05) is 0 Å². The molecule has 0 aliphatic heterocycles. The monoisotopic (exact) mass is 378 g/mol. The predicted octanol–water partition coefficient (Wildman–Crippen LogP) is 3.28. The fraction of sp³-hybridized carbons (Fsp3) is 0.235. The van der Waals surface area contributed by atoms with Gasteiger partial charge in [0.05, 0.1) is 9.82 Å². The zero-order chi connectivity index (χ0) is 19.5. The molecule has 0 saturated carbocycles. The summed E-state index contributed by atoms with van der Waals surface area (Å²) < 4.78 is 32.6. The third kappa shape index (κ3) is 4.87. The van der Waals surface area contributed by atoms with E-state index in [4.69, 9.17) is 4.74 Å². The van der Waals surface area contributed by atoms with Gasteiger partial charge in [0.1, 0.15) is 12.0 Å². The second-order valence-electron chi connectivity index (χ2n) is 6.53. The van der Waals surface area contributed by atoms with Crippen LogP contribution in [0.15, 0.2) is 47.4 Å². The molecule has 0 bridgehead atoms. The van der Waals surface area contributed by atoms with Crippen molar-refractivity contribution in [3.8, 4) is 11.5 Å². The van der Waals surface area contributed by atoms with Crippen LogP contribution in [-0.4, -0.2) is 25.2 Å². The number of hydrogen-bond donors (Lipinski definition) is 1. The molecule has 0 aliphatic carbocycles. The number of ether oxygens (including phenoxy) is 1. The van der Waals surface area contributed by atoms with Crippen molar-refractivity contribution < 1.29 is 22.9 Å². The molecule has 0 spiro atoms. The Morgan fingerprint density at radius 3 is 2.23 bits per heavy atom. The van der Waals surface area contributed by atoms with Crippen molar-refractivity contribution in [2.45, 2.75) is 31.2 Å². The molecular weight excluding hydrogens is 360 g/mol. The Morgan fingerprint density at radius 2 is 1.73 bits per heavy atom. The number of aldehydes is 1. The SMILES string of the molecule is CC(C)(C)NS(=O)(=O)c1ccc(Oc2ccc(C=O)cc2)c([N+](=O)[O-])c1. The number of rotatable bonds is 6. The van der Waals surface area contributed by atoms with Crippen LogP contribution in [0, 0.1) is 10.1 Å². The molecule has 2 aromatic rings. The molecule has 0 fully saturated rings. The predicted molar refractivity (Wildman–Crippen MR) is 95.1 cm³/mol. The first-order valence-corrected chi connectivity index (χ1v) is 9.06. The largest absolute Gasteiger partial charge is 0.450 e. The number of sulfonamides is 1. The summed E-state index contributed by atoms with van der Waals surface area (Å²) in [5.41, 5.74) is -0.786. The summed E-state index contributed by atoms with van der Waals surface area (Å²) in [7, 11) is -3.92. The van der Waals surface area contributed by atoms with Gasteiger partial charge in [0.25, 0.3) is 0 Å². The molecule has 0 aromatic heterocycles. The molecule has 138 valence electrons. The second-order valence-corrected chi connectivity index (χ2v) is 8.21. The molecule has 1 N–H and O–H groups in total. The lowest BCUT2D eigenvalue weighted by atomic mass is 10.1. The number of nitrogens with zero attached hydrogens (tertiary/aromatic N) is 1. The van der Waals surface area contributed by atoms with Crippen molar-refractivity contribution in [2.75, 3.05) is 0 Å². The Hall–Kier alpha value is -2.78. The van der Waals surface area contributed by atoms with Gasteiger partial charge in [-0.15, -0.1) is 0 Å². The van der Waals surface area contributed by atoms with Crippen molar-refractivity contribution in [3.05, 3.63) is 58.1 Å². The Kier molecular flexibility index (Phi) is 5.43. The van der Waals surface area contributed by atoms with Crippen molar-refractivity contribution in [1.82, 2.24) is 4.72 Å². The number of nitro benzene ring substituents is 1. The van der Waals surface area contributed by atoms with Gasteiger partial charge in [0.2, 0.25) is 15.8 Å². The average molecular weight is 378 g/mol. The highest BCUT2D eigenvalue weighted by Gasteiger charge is 2.26. The summed E-state index contributed by atoms with van der Waals surface area (Å²) in [4.78, 5) is 21.0. The third-order valence-corrected chi connectivity index (χ3v) is 4.88. The number of carbonyl (C=O) groups is 1. The van der Waals surface area contributed by atoms with Crippen LogP contribution in [0.1, 0.15) is 31.1 Å². The highest BCUT2D eigenvalue weighted by atomic mass is 32.2. The molecule has 0 unspecified atom stereocenters. The molecule has 26 heavy (non-hydrogen) atoms. The van der Waals surface area contributed by atoms with Crippen LogP contribution in [0.5, 0.6) is 11.5 Å². The highest BCUT2D eigenvalue weighted by Crippen LogP contribution is 2.33.